The molecule has 0 radical (unpaired) electrons. The van der Waals surface area contributed by atoms with Gasteiger partial charge in [0.2, 0.25) is 0 Å². The molecule has 0 aliphatic heterocycles. The lowest BCUT2D eigenvalue weighted by molar-refractivity contribution is -0.118. The summed E-state index contributed by atoms with van der Waals surface area (Å²) in [6.45, 7) is 0.494. The summed E-state index contributed by atoms with van der Waals surface area (Å²) in [5.41, 5.74) is 1.46. The van der Waals surface area contributed by atoms with Crippen molar-refractivity contribution in [3.05, 3.63) is 84.3 Å². The summed E-state index contributed by atoms with van der Waals surface area (Å²) in [5, 5.41) is 5.86. The first-order chi connectivity index (χ1) is 13.2. The van der Waals surface area contributed by atoms with Gasteiger partial charge >= 0.3 is 0 Å². The Kier molecular flexibility index (Phi) is 6.35. The summed E-state index contributed by atoms with van der Waals surface area (Å²) in [4.78, 5) is 16.1. The Hall–Kier alpha value is -3.41. The van der Waals surface area contributed by atoms with E-state index in [2.05, 4.69) is 15.6 Å². The molecular weight excluding hydrogens is 345 g/mol. The molecule has 3 aromatic rings. The molecule has 0 aliphatic carbocycles. The van der Waals surface area contributed by atoms with Crippen LogP contribution in [0.4, 0.5) is 15.9 Å². The fraction of sp³-hybridized carbons (Fsp3) is 0.143. The van der Waals surface area contributed by atoms with Crippen LogP contribution in [0.1, 0.15) is 5.56 Å². The molecule has 0 spiro atoms. The molecule has 5 nitrogen and oxygen atoms in total. The third-order valence-electron chi connectivity index (χ3n) is 3.83. The van der Waals surface area contributed by atoms with Gasteiger partial charge in [0.05, 0.1) is 11.9 Å². The predicted octanol–water partition coefficient (Wildman–Crippen LogP) is 3.89. The summed E-state index contributed by atoms with van der Waals surface area (Å²) in [7, 11) is 0. The molecule has 1 amide bonds. The van der Waals surface area contributed by atoms with E-state index in [1.165, 1.54) is 6.07 Å². The van der Waals surface area contributed by atoms with E-state index in [1.807, 2.05) is 30.3 Å². The first-order valence-corrected chi connectivity index (χ1v) is 8.62. The number of carbonyl (C=O) groups excluding carboxylic acids is 1. The van der Waals surface area contributed by atoms with Gasteiger partial charge < -0.3 is 15.4 Å². The highest BCUT2D eigenvalue weighted by atomic mass is 19.1. The molecule has 0 aliphatic rings. The number of halogens is 1. The van der Waals surface area contributed by atoms with Crippen molar-refractivity contribution < 1.29 is 13.9 Å². The van der Waals surface area contributed by atoms with Crippen molar-refractivity contribution in [2.45, 2.75) is 6.42 Å². The fourth-order valence-corrected chi connectivity index (χ4v) is 2.46. The second-order valence-electron chi connectivity index (χ2n) is 5.85. The van der Waals surface area contributed by atoms with Crippen LogP contribution in [0.5, 0.6) is 5.75 Å². The number of rotatable bonds is 8. The predicted molar refractivity (Wildman–Crippen MR) is 103 cm³/mol. The first-order valence-electron chi connectivity index (χ1n) is 8.62. The maximum atomic E-state index is 13.6. The van der Waals surface area contributed by atoms with E-state index in [0.717, 1.165) is 5.69 Å². The molecular formula is C21H20FN3O2. The van der Waals surface area contributed by atoms with E-state index in [1.54, 1.807) is 36.5 Å². The van der Waals surface area contributed by atoms with Crippen LogP contribution in [0.3, 0.4) is 0 Å². The van der Waals surface area contributed by atoms with Gasteiger partial charge in [-0.25, -0.2) is 9.37 Å². The molecule has 1 heterocycles. The van der Waals surface area contributed by atoms with Gasteiger partial charge in [0.25, 0.3) is 5.91 Å². The topological polar surface area (TPSA) is 63.2 Å². The molecule has 2 aromatic carbocycles. The lowest BCUT2D eigenvalue weighted by Crippen LogP contribution is -2.20. The van der Waals surface area contributed by atoms with Crippen molar-refractivity contribution in [3.63, 3.8) is 0 Å². The lowest BCUT2D eigenvalue weighted by atomic mass is 10.1. The van der Waals surface area contributed by atoms with Gasteiger partial charge in [-0.3, -0.25) is 4.79 Å². The molecule has 6 heteroatoms. The molecule has 0 bridgehead atoms. The average Bonchev–Trinajstić information content (AvgIpc) is 2.70. The Morgan fingerprint density at radius 3 is 2.52 bits per heavy atom. The van der Waals surface area contributed by atoms with E-state index in [9.17, 15) is 9.18 Å². The van der Waals surface area contributed by atoms with Crippen LogP contribution in [-0.4, -0.2) is 24.0 Å². The van der Waals surface area contributed by atoms with E-state index < -0.39 is 0 Å². The van der Waals surface area contributed by atoms with Crippen molar-refractivity contribution in [1.82, 2.24) is 4.98 Å². The highest BCUT2D eigenvalue weighted by molar-refractivity contribution is 5.91. The van der Waals surface area contributed by atoms with Crippen LogP contribution >= 0.6 is 0 Å². The van der Waals surface area contributed by atoms with E-state index >= 15 is 0 Å². The molecule has 3 rings (SSSR count). The van der Waals surface area contributed by atoms with Gasteiger partial charge in [0.1, 0.15) is 17.4 Å². The first kappa shape index (κ1) is 18.4. The Morgan fingerprint density at radius 1 is 1.00 bits per heavy atom. The fourth-order valence-electron chi connectivity index (χ4n) is 2.46. The minimum atomic E-state index is -0.286. The maximum Gasteiger partial charge on any atom is 0.263 e. The van der Waals surface area contributed by atoms with Gasteiger partial charge in [-0.1, -0.05) is 36.4 Å². The third kappa shape index (κ3) is 5.81. The van der Waals surface area contributed by atoms with E-state index in [4.69, 9.17) is 4.74 Å². The van der Waals surface area contributed by atoms with Crippen LogP contribution in [-0.2, 0) is 11.2 Å². The van der Waals surface area contributed by atoms with Gasteiger partial charge in [-0.2, -0.15) is 0 Å². The average molecular weight is 365 g/mol. The Morgan fingerprint density at radius 2 is 1.78 bits per heavy atom. The zero-order chi connectivity index (χ0) is 18.9. The molecule has 0 saturated carbocycles. The maximum absolute atomic E-state index is 13.6. The number of hydrogen-bond acceptors (Lipinski definition) is 4. The SMILES string of the molecule is O=C(COc1ccccc1)Nc1ccc(NCCc2ccccc2F)cn1. The number of para-hydroxylation sites is 1. The molecule has 1 aromatic heterocycles. The highest BCUT2D eigenvalue weighted by Crippen LogP contribution is 2.12. The third-order valence-corrected chi connectivity index (χ3v) is 3.83. The van der Waals surface area contributed by atoms with Crippen LogP contribution < -0.4 is 15.4 Å². The number of carbonyl (C=O) groups is 1. The van der Waals surface area contributed by atoms with Gasteiger partial charge in [0.15, 0.2) is 6.61 Å². The minimum Gasteiger partial charge on any atom is -0.484 e. The van der Waals surface area contributed by atoms with Gasteiger partial charge in [-0.05, 0) is 42.3 Å². The number of amides is 1. The van der Waals surface area contributed by atoms with Crippen LogP contribution in [0, 0.1) is 5.82 Å². The second kappa shape index (κ2) is 9.33. The van der Waals surface area contributed by atoms with Gasteiger partial charge in [-0.15, -0.1) is 0 Å². The van der Waals surface area contributed by atoms with Crippen LogP contribution in [0.15, 0.2) is 72.9 Å². The minimum absolute atomic E-state index is 0.0890. The van der Waals surface area contributed by atoms with Crippen molar-refractivity contribution in [2.24, 2.45) is 0 Å². The normalized spacial score (nSPS) is 10.3. The summed E-state index contributed by atoms with van der Waals surface area (Å²) in [6, 6.07) is 19.4. The summed E-state index contributed by atoms with van der Waals surface area (Å²) < 4.78 is 19.0. The summed E-state index contributed by atoms with van der Waals surface area (Å²) in [5.74, 6) is 0.589. The Balaban J connectivity index is 1.43. The van der Waals surface area contributed by atoms with Crippen LogP contribution in [0.25, 0.3) is 0 Å². The molecule has 0 unspecified atom stereocenters. The molecule has 2 N–H and O–H groups in total. The lowest BCUT2D eigenvalue weighted by Gasteiger charge is -2.09. The number of hydrogen-bond donors (Lipinski definition) is 2. The largest absolute Gasteiger partial charge is 0.484 e. The molecule has 0 atom stereocenters. The molecule has 0 fully saturated rings. The number of nitrogens with zero attached hydrogens (tertiary/aromatic N) is 1. The number of benzene rings is 2. The van der Waals surface area contributed by atoms with Crippen molar-refractivity contribution in [1.29, 1.82) is 0 Å². The Bertz CT molecular complexity index is 870. The smallest absolute Gasteiger partial charge is 0.263 e. The molecule has 27 heavy (non-hydrogen) atoms. The number of ether oxygens (including phenoxy) is 1. The quantitative estimate of drug-likeness (QED) is 0.636. The summed E-state index contributed by atoms with van der Waals surface area (Å²) >= 11 is 0. The number of pyridine rings is 1. The Labute approximate surface area is 157 Å². The zero-order valence-corrected chi connectivity index (χ0v) is 14.7. The molecule has 138 valence electrons. The van der Waals surface area contributed by atoms with Crippen LogP contribution in [0.2, 0.25) is 0 Å². The van der Waals surface area contributed by atoms with Crippen molar-refractivity contribution in [2.75, 3.05) is 23.8 Å². The monoisotopic (exact) mass is 365 g/mol. The molecule has 0 saturated heterocycles. The van der Waals surface area contributed by atoms with Crippen molar-refractivity contribution >= 4 is 17.4 Å². The number of anilines is 2. The second-order valence-corrected chi connectivity index (χ2v) is 5.85. The van der Waals surface area contributed by atoms with E-state index in [-0.39, 0.29) is 18.3 Å². The van der Waals surface area contributed by atoms with E-state index in [0.29, 0.717) is 30.1 Å². The number of nitrogens with one attached hydrogen (secondary N) is 2. The standard InChI is InChI=1S/C21H20FN3O2/c22-19-9-5-4-6-16(19)12-13-23-17-10-11-20(24-14-17)25-21(26)15-27-18-7-2-1-3-8-18/h1-11,14,23H,12-13,15H2,(H,24,25,26). The van der Waals surface area contributed by atoms with Gasteiger partial charge in [0, 0.05) is 6.54 Å². The van der Waals surface area contributed by atoms with Crippen molar-refractivity contribution in [3.8, 4) is 5.75 Å². The highest BCUT2D eigenvalue weighted by Gasteiger charge is 2.05. The summed E-state index contributed by atoms with van der Waals surface area (Å²) in [6.07, 6.45) is 2.19. The number of aromatic nitrogens is 1. The zero-order valence-electron chi connectivity index (χ0n) is 14.7.